The first kappa shape index (κ1) is 14.0. The summed E-state index contributed by atoms with van der Waals surface area (Å²) in [5, 5.41) is 0.552. The zero-order chi connectivity index (χ0) is 15.6. The number of hydrogen-bond acceptors (Lipinski definition) is 5. The van der Waals surface area contributed by atoms with Crippen LogP contribution >= 0.6 is 0 Å². The van der Waals surface area contributed by atoms with Crippen molar-refractivity contribution in [2.24, 2.45) is 0 Å². The van der Waals surface area contributed by atoms with Gasteiger partial charge < -0.3 is 14.1 Å². The van der Waals surface area contributed by atoms with Gasteiger partial charge >= 0.3 is 0 Å². The third kappa shape index (κ3) is 2.59. The Labute approximate surface area is 133 Å². The Morgan fingerprint density at radius 1 is 1.04 bits per heavy atom. The molecule has 1 aliphatic heterocycles. The van der Waals surface area contributed by atoms with Gasteiger partial charge in [0.25, 0.3) is 0 Å². The van der Waals surface area contributed by atoms with Gasteiger partial charge in [0.1, 0.15) is 5.69 Å². The smallest absolute Gasteiger partial charge is 0.200 e. The number of anilines is 1. The topological polar surface area (TPSA) is 55.6 Å². The number of rotatable bonds is 2. The minimum Gasteiger partial charge on any atom is -0.438 e. The van der Waals surface area contributed by atoms with Crippen molar-refractivity contribution in [2.75, 3.05) is 31.2 Å². The summed E-state index contributed by atoms with van der Waals surface area (Å²) in [6.45, 7) is 2.71. The molecule has 5 heteroatoms. The molecule has 0 saturated carbocycles. The SMILES string of the molecule is O=c1cc(N2CCOCC2)oc2c(-c3ccccc3)nccc12. The van der Waals surface area contributed by atoms with Gasteiger partial charge in [0.15, 0.2) is 16.9 Å². The third-order valence-corrected chi connectivity index (χ3v) is 4.00. The van der Waals surface area contributed by atoms with Crippen LogP contribution in [0.25, 0.3) is 22.2 Å². The Kier molecular flexibility index (Phi) is 3.55. The molecule has 0 atom stereocenters. The molecule has 0 unspecified atom stereocenters. The lowest BCUT2D eigenvalue weighted by Gasteiger charge is -2.27. The van der Waals surface area contributed by atoms with Crippen LogP contribution in [0.4, 0.5) is 5.88 Å². The molecule has 0 aliphatic carbocycles. The number of pyridine rings is 1. The summed E-state index contributed by atoms with van der Waals surface area (Å²) in [6.07, 6.45) is 1.65. The third-order valence-electron chi connectivity index (χ3n) is 4.00. The molecule has 3 heterocycles. The van der Waals surface area contributed by atoms with Gasteiger partial charge in [-0.2, -0.15) is 0 Å². The molecule has 0 amide bonds. The van der Waals surface area contributed by atoms with Crippen molar-refractivity contribution in [3.63, 3.8) is 0 Å². The molecular weight excluding hydrogens is 292 g/mol. The minimum absolute atomic E-state index is 0.0488. The van der Waals surface area contributed by atoms with Gasteiger partial charge in [-0.3, -0.25) is 9.78 Å². The van der Waals surface area contributed by atoms with Crippen LogP contribution < -0.4 is 10.3 Å². The second kappa shape index (κ2) is 5.85. The highest BCUT2D eigenvalue weighted by atomic mass is 16.5. The Balaban J connectivity index is 1.91. The first-order valence-electron chi connectivity index (χ1n) is 7.64. The summed E-state index contributed by atoms with van der Waals surface area (Å²) in [5.74, 6) is 0.580. The van der Waals surface area contributed by atoms with Crippen molar-refractivity contribution in [3.8, 4) is 11.3 Å². The van der Waals surface area contributed by atoms with Crippen molar-refractivity contribution in [1.82, 2.24) is 4.98 Å². The second-order valence-electron chi connectivity index (χ2n) is 5.45. The maximum absolute atomic E-state index is 12.5. The van der Waals surface area contributed by atoms with Crippen LogP contribution in [0.1, 0.15) is 0 Å². The Bertz CT molecular complexity index is 884. The highest BCUT2D eigenvalue weighted by Gasteiger charge is 2.17. The molecule has 3 aromatic rings. The van der Waals surface area contributed by atoms with E-state index in [1.54, 1.807) is 18.3 Å². The monoisotopic (exact) mass is 308 g/mol. The summed E-state index contributed by atoms with van der Waals surface area (Å²) in [7, 11) is 0. The van der Waals surface area contributed by atoms with Gasteiger partial charge in [0.05, 0.1) is 18.6 Å². The average Bonchev–Trinajstić information content (AvgIpc) is 2.63. The summed E-state index contributed by atoms with van der Waals surface area (Å²) in [4.78, 5) is 18.9. The second-order valence-corrected chi connectivity index (χ2v) is 5.45. The summed E-state index contributed by atoms with van der Waals surface area (Å²) < 4.78 is 11.4. The molecule has 1 aromatic carbocycles. The van der Waals surface area contributed by atoms with Gasteiger partial charge in [-0.05, 0) is 6.07 Å². The number of hydrogen-bond donors (Lipinski definition) is 0. The fraction of sp³-hybridized carbons (Fsp3) is 0.222. The van der Waals surface area contributed by atoms with E-state index in [-0.39, 0.29) is 5.43 Å². The van der Waals surface area contributed by atoms with Crippen molar-refractivity contribution in [3.05, 3.63) is 58.9 Å². The Hall–Kier alpha value is -2.66. The predicted molar refractivity (Wildman–Crippen MR) is 88.7 cm³/mol. The molecule has 0 radical (unpaired) electrons. The van der Waals surface area contributed by atoms with E-state index in [4.69, 9.17) is 9.15 Å². The van der Waals surface area contributed by atoms with E-state index >= 15 is 0 Å². The van der Waals surface area contributed by atoms with Crippen LogP contribution in [0.15, 0.2) is 57.9 Å². The van der Waals surface area contributed by atoms with E-state index in [1.807, 2.05) is 35.2 Å². The number of nitrogens with zero attached hydrogens (tertiary/aromatic N) is 2. The number of morpholine rings is 1. The van der Waals surface area contributed by atoms with Crippen LogP contribution in [0.5, 0.6) is 0 Å². The maximum Gasteiger partial charge on any atom is 0.200 e. The molecule has 2 aromatic heterocycles. The van der Waals surface area contributed by atoms with E-state index in [9.17, 15) is 4.79 Å². The summed E-state index contributed by atoms with van der Waals surface area (Å²) in [6, 6.07) is 13.0. The minimum atomic E-state index is -0.0488. The van der Waals surface area contributed by atoms with E-state index in [2.05, 4.69) is 4.98 Å². The number of aromatic nitrogens is 1. The molecule has 1 fully saturated rings. The van der Waals surface area contributed by atoms with Crippen molar-refractivity contribution in [1.29, 1.82) is 0 Å². The molecule has 23 heavy (non-hydrogen) atoms. The lowest BCUT2D eigenvalue weighted by molar-refractivity contribution is 0.121. The largest absolute Gasteiger partial charge is 0.438 e. The van der Waals surface area contributed by atoms with E-state index in [0.29, 0.717) is 35.8 Å². The van der Waals surface area contributed by atoms with E-state index in [0.717, 1.165) is 18.7 Å². The lowest BCUT2D eigenvalue weighted by Crippen LogP contribution is -2.36. The zero-order valence-electron chi connectivity index (χ0n) is 12.6. The zero-order valence-corrected chi connectivity index (χ0v) is 12.6. The molecular formula is C18H16N2O3. The standard InChI is InChI=1S/C18H16N2O3/c21-15-12-16(20-8-10-22-11-9-20)23-18-14(15)6-7-19-17(18)13-4-2-1-3-5-13/h1-7,12H,8-11H2. The quantitative estimate of drug-likeness (QED) is 0.728. The molecule has 0 spiro atoms. The maximum atomic E-state index is 12.5. The van der Waals surface area contributed by atoms with Crippen molar-refractivity contribution in [2.45, 2.75) is 0 Å². The molecule has 5 nitrogen and oxygen atoms in total. The first-order chi connectivity index (χ1) is 11.3. The number of fused-ring (bicyclic) bond motifs is 1. The molecule has 0 bridgehead atoms. The fourth-order valence-corrected chi connectivity index (χ4v) is 2.81. The van der Waals surface area contributed by atoms with Crippen LogP contribution in [0.3, 0.4) is 0 Å². The van der Waals surface area contributed by atoms with Crippen molar-refractivity contribution < 1.29 is 9.15 Å². The van der Waals surface area contributed by atoms with Crippen LogP contribution in [0.2, 0.25) is 0 Å². The van der Waals surface area contributed by atoms with Crippen LogP contribution in [0, 0.1) is 0 Å². The lowest BCUT2D eigenvalue weighted by atomic mass is 10.1. The Morgan fingerprint density at radius 3 is 2.61 bits per heavy atom. The fourth-order valence-electron chi connectivity index (χ4n) is 2.81. The molecule has 1 saturated heterocycles. The first-order valence-corrected chi connectivity index (χ1v) is 7.64. The Morgan fingerprint density at radius 2 is 1.83 bits per heavy atom. The molecule has 4 rings (SSSR count). The van der Waals surface area contributed by atoms with Crippen LogP contribution in [-0.4, -0.2) is 31.3 Å². The highest BCUT2D eigenvalue weighted by Crippen LogP contribution is 2.28. The number of benzene rings is 1. The summed E-state index contributed by atoms with van der Waals surface area (Å²) >= 11 is 0. The highest BCUT2D eigenvalue weighted by molar-refractivity contribution is 5.90. The molecule has 0 N–H and O–H groups in total. The summed E-state index contributed by atoms with van der Waals surface area (Å²) in [5.41, 5.74) is 2.11. The molecule has 116 valence electrons. The van der Waals surface area contributed by atoms with Crippen molar-refractivity contribution >= 4 is 16.9 Å². The van der Waals surface area contributed by atoms with Gasteiger partial charge in [0, 0.05) is 30.9 Å². The predicted octanol–water partition coefficient (Wildman–Crippen LogP) is 2.69. The van der Waals surface area contributed by atoms with Gasteiger partial charge in [0.2, 0.25) is 0 Å². The van der Waals surface area contributed by atoms with E-state index in [1.165, 1.54) is 0 Å². The molecule has 1 aliphatic rings. The average molecular weight is 308 g/mol. The van der Waals surface area contributed by atoms with Gasteiger partial charge in [-0.15, -0.1) is 0 Å². The van der Waals surface area contributed by atoms with Gasteiger partial charge in [-0.25, -0.2) is 0 Å². The number of ether oxygens (including phenoxy) is 1. The van der Waals surface area contributed by atoms with E-state index < -0.39 is 0 Å². The normalized spacial score (nSPS) is 15.0. The van der Waals surface area contributed by atoms with Crippen LogP contribution in [-0.2, 0) is 4.74 Å². The van der Waals surface area contributed by atoms with Gasteiger partial charge in [-0.1, -0.05) is 30.3 Å².